The van der Waals surface area contributed by atoms with Crippen LogP contribution in [0.15, 0.2) is 24.4 Å². The number of aromatic nitrogens is 2. The Hall–Kier alpha value is -2.04. The summed E-state index contributed by atoms with van der Waals surface area (Å²) in [5, 5.41) is 9.55. The predicted octanol–water partition coefficient (Wildman–Crippen LogP) is 2.80. The Kier molecular flexibility index (Phi) is 3.34. The highest BCUT2D eigenvalue weighted by molar-refractivity contribution is 5.93. The van der Waals surface area contributed by atoms with Crippen molar-refractivity contribution in [2.24, 2.45) is 0 Å². The zero-order valence-electron chi connectivity index (χ0n) is 11.6. The van der Waals surface area contributed by atoms with Crippen molar-refractivity contribution in [3.63, 3.8) is 0 Å². The van der Waals surface area contributed by atoms with Crippen molar-refractivity contribution in [3.05, 3.63) is 30.1 Å². The molecule has 2 heterocycles. The van der Waals surface area contributed by atoms with Gasteiger partial charge in [-0.05, 0) is 31.9 Å². The Morgan fingerprint density at radius 1 is 1.45 bits per heavy atom. The van der Waals surface area contributed by atoms with Crippen LogP contribution in [0.2, 0.25) is 0 Å². The van der Waals surface area contributed by atoms with E-state index in [1.807, 2.05) is 18.2 Å². The summed E-state index contributed by atoms with van der Waals surface area (Å²) in [6, 6.07) is 5.97. The van der Waals surface area contributed by atoms with Crippen LogP contribution in [-0.4, -0.2) is 33.0 Å². The van der Waals surface area contributed by atoms with Crippen molar-refractivity contribution in [1.82, 2.24) is 9.38 Å². The van der Waals surface area contributed by atoms with Gasteiger partial charge in [-0.2, -0.15) is 0 Å². The summed E-state index contributed by atoms with van der Waals surface area (Å²) in [5.41, 5.74) is 0.964. The third-order valence-corrected chi connectivity index (χ3v) is 4.09. The van der Waals surface area contributed by atoms with Gasteiger partial charge >= 0.3 is 5.97 Å². The quantitative estimate of drug-likeness (QED) is 0.930. The molecule has 1 fully saturated rings. The monoisotopic (exact) mass is 273 g/mol. The highest BCUT2D eigenvalue weighted by Gasteiger charge is 2.28. The van der Waals surface area contributed by atoms with E-state index in [1.54, 1.807) is 10.6 Å². The van der Waals surface area contributed by atoms with E-state index < -0.39 is 5.97 Å². The van der Waals surface area contributed by atoms with Crippen molar-refractivity contribution < 1.29 is 9.90 Å². The first-order valence-corrected chi connectivity index (χ1v) is 7.19. The van der Waals surface area contributed by atoms with Crippen molar-refractivity contribution in [1.29, 1.82) is 0 Å². The topological polar surface area (TPSA) is 57.8 Å². The van der Waals surface area contributed by atoms with Crippen molar-refractivity contribution in [3.8, 4) is 0 Å². The van der Waals surface area contributed by atoms with E-state index in [9.17, 15) is 9.90 Å². The van der Waals surface area contributed by atoms with Gasteiger partial charge in [0.15, 0.2) is 11.5 Å². The van der Waals surface area contributed by atoms with Gasteiger partial charge in [0, 0.05) is 18.8 Å². The molecule has 0 radical (unpaired) electrons. The summed E-state index contributed by atoms with van der Waals surface area (Å²) in [6.07, 6.45) is 6.45. The van der Waals surface area contributed by atoms with Gasteiger partial charge in [-0.15, -0.1) is 0 Å². The molecule has 0 amide bonds. The molecule has 20 heavy (non-hydrogen) atoms. The van der Waals surface area contributed by atoms with Gasteiger partial charge < -0.3 is 10.0 Å². The smallest absolute Gasteiger partial charge is 0.356 e. The first kappa shape index (κ1) is 13.0. The summed E-state index contributed by atoms with van der Waals surface area (Å²) in [5.74, 6) is -0.312. The third-order valence-electron chi connectivity index (χ3n) is 4.09. The van der Waals surface area contributed by atoms with Crippen LogP contribution in [0.25, 0.3) is 5.65 Å². The largest absolute Gasteiger partial charge is 0.476 e. The Morgan fingerprint density at radius 3 is 2.85 bits per heavy atom. The molecule has 1 aliphatic rings. The summed E-state index contributed by atoms with van der Waals surface area (Å²) in [4.78, 5) is 18.4. The number of carbonyl (C=O) groups is 1. The fourth-order valence-corrected chi connectivity index (χ4v) is 3.18. The second-order valence-electron chi connectivity index (χ2n) is 5.24. The minimum atomic E-state index is -0.921. The van der Waals surface area contributed by atoms with Crippen LogP contribution in [0.4, 0.5) is 5.82 Å². The lowest BCUT2D eigenvalue weighted by molar-refractivity contribution is 0.0690. The Morgan fingerprint density at radius 2 is 2.20 bits per heavy atom. The summed E-state index contributed by atoms with van der Waals surface area (Å²) in [6.45, 7) is 2.85. The summed E-state index contributed by atoms with van der Waals surface area (Å²) in [7, 11) is 0. The van der Waals surface area contributed by atoms with E-state index in [2.05, 4.69) is 16.8 Å². The Balaban J connectivity index is 2.13. The number of fused-ring (bicyclic) bond motifs is 1. The van der Waals surface area contributed by atoms with Crippen LogP contribution in [0.5, 0.6) is 0 Å². The number of carboxylic acids is 1. The zero-order valence-corrected chi connectivity index (χ0v) is 11.6. The number of nitrogens with zero attached hydrogens (tertiary/aromatic N) is 3. The highest BCUT2D eigenvalue weighted by Crippen LogP contribution is 2.30. The second kappa shape index (κ2) is 5.15. The third kappa shape index (κ3) is 2.03. The van der Waals surface area contributed by atoms with Crippen LogP contribution < -0.4 is 4.90 Å². The summed E-state index contributed by atoms with van der Waals surface area (Å²) < 4.78 is 1.66. The van der Waals surface area contributed by atoms with Gasteiger partial charge in [0.1, 0.15) is 5.65 Å². The van der Waals surface area contributed by atoms with E-state index >= 15 is 0 Å². The van der Waals surface area contributed by atoms with Gasteiger partial charge in [0.2, 0.25) is 0 Å². The van der Waals surface area contributed by atoms with E-state index in [1.165, 1.54) is 12.8 Å². The summed E-state index contributed by atoms with van der Waals surface area (Å²) >= 11 is 0. The molecule has 0 bridgehead atoms. The number of rotatable bonds is 4. The van der Waals surface area contributed by atoms with Gasteiger partial charge in [0.25, 0.3) is 0 Å². The molecule has 0 spiro atoms. The number of anilines is 1. The average Bonchev–Trinajstić information content (AvgIpc) is 3.06. The maximum Gasteiger partial charge on any atom is 0.356 e. The fourth-order valence-electron chi connectivity index (χ4n) is 3.18. The highest BCUT2D eigenvalue weighted by atomic mass is 16.4. The molecular formula is C15H19N3O2. The van der Waals surface area contributed by atoms with E-state index in [4.69, 9.17) is 0 Å². The lowest BCUT2D eigenvalue weighted by Crippen LogP contribution is -2.34. The molecule has 2 aromatic heterocycles. The molecule has 5 heteroatoms. The molecule has 0 atom stereocenters. The Labute approximate surface area is 117 Å². The van der Waals surface area contributed by atoms with Crippen molar-refractivity contribution >= 4 is 17.4 Å². The Bertz CT molecular complexity index is 629. The molecule has 2 aromatic rings. The first-order chi connectivity index (χ1) is 9.72. The van der Waals surface area contributed by atoms with Crippen molar-refractivity contribution in [2.45, 2.75) is 38.6 Å². The van der Waals surface area contributed by atoms with Gasteiger partial charge in [0.05, 0.1) is 0 Å². The van der Waals surface area contributed by atoms with E-state index in [-0.39, 0.29) is 5.69 Å². The molecule has 3 rings (SSSR count). The van der Waals surface area contributed by atoms with Crippen LogP contribution >= 0.6 is 0 Å². The lowest BCUT2D eigenvalue weighted by Gasteiger charge is -2.28. The van der Waals surface area contributed by atoms with Crippen molar-refractivity contribution in [2.75, 3.05) is 11.4 Å². The number of hydrogen-bond acceptors (Lipinski definition) is 3. The molecule has 106 valence electrons. The maximum absolute atomic E-state index is 11.6. The van der Waals surface area contributed by atoms with Crippen LogP contribution in [0.3, 0.4) is 0 Å². The van der Waals surface area contributed by atoms with Gasteiger partial charge in [-0.1, -0.05) is 18.9 Å². The van der Waals surface area contributed by atoms with E-state index in [0.29, 0.717) is 17.5 Å². The molecule has 1 N–H and O–H groups in total. The molecule has 1 aliphatic carbocycles. The average molecular weight is 273 g/mol. The number of hydrogen-bond donors (Lipinski definition) is 1. The lowest BCUT2D eigenvalue weighted by atomic mass is 10.2. The van der Waals surface area contributed by atoms with Crippen LogP contribution in [-0.2, 0) is 0 Å². The number of aromatic carboxylic acids is 1. The van der Waals surface area contributed by atoms with Crippen LogP contribution in [0, 0.1) is 0 Å². The second-order valence-corrected chi connectivity index (χ2v) is 5.24. The normalized spacial score (nSPS) is 15.8. The molecule has 0 aliphatic heterocycles. The minimum absolute atomic E-state index is 0.273. The molecule has 5 nitrogen and oxygen atoms in total. The first-order valence-electron chi connectivity index (χ1n) is 7.19. The number of carboxylic acid groups (broad SMARTS) is 1. The standard InChI is InChI=1S/C15H19N3O2/c1-2-17(11-7-3-4-8-11)14-13(15(19)20)18-10-6-5-9-12(18)16-14/h5-6,9-11H,2-4,7-8H2,1H3,(H,19,20). The SMILES string of the molecule is CCN(c1nc2ccccn2c1C(=O)O)C1CCCC1. The minimum Gasteiger partial charge on any atom is -0.476 e. The fraction of sp³-hybridized carbons (Fsp3) is 0.467. The number of imidazole rings is 1. The number of pyridine rings is 1. The maximum atomic E-state index is 11.6. The van der Waals surface area contributed by atoms with Gasteiger partial charge in [-0.25, -0.2) is 9.78 Å². The molecule has 0 unspecified atom stereocenters. The molecule has 1 saturated carbocycles. The molecule has 0 saturated heterocycles. The van der Waals surface area contributed by atoms with Gasteiger partial charge in [-0.3, -0.25) is 4.40 Å². The molecule has 0 aromatic carbocycles. The van der Waals surface area contributed by atoms with Crippen LogP contribution in [0.1, 0.15) is 43.1 Å². The molecular weight excluding hydrogens is 254 g/mol. The predicted molar refractivity (Wildman–Crippen MR) is 77.4 cm³/mol. The zero-order chi connectivity index (χ0) is 14.1. The van der Waals surface area contributed by atoms with E-state index in [0.717, 1.165) is 19.4 Å².